The van der Waals surface area contributed by atoms with Crippen LogP contribution in [-0.4, -0.2) is 31.0 Å². The summed E-state index contributed by atoms with van der Waals surface area (Å²) in [6.07, 6.45) is 1.77. The van der Waals surface area contributed by atoms with Crippen LogP contribution in [0.3, 0.4) is 0 Å². The van der Waals surface area contributed by atoms with Gasteiger partial charge in [-0.2, -0.15) is 0 Å². The average molecular weight is 337 g/mol. The maximum Gasteiger partial charge on any atom is 0.263 e. The number of rotatable bonds is 3. The highest BCUT2D eigenvalue weighted by Gasteiger charge is 2.26. The third-order valence-corrected chi connectivity index (χ3v) is 4.49. The Morgan fingerprint density at radius 1 is 1.16 bits per heavy atom. The van der Waals surface area contributed by atoms with E-state index in [-0.39, 0.29) is 12.3 Å². The predicted molar refractivity (Wildman–Crippen MR) is 94.7 cm³/mol. The van der Waals surface area contributed by atoms with E-state index in [9.17, 15) is 4.79 Å². The van der Waals surface area contributed by atoms with Crippen molar-refractivity contribution in [2.24, 2.45) is 0 Å². The lowest BCUT2D eigenvalue weighted by molar-refractivity contribution is -0.118. The predicted octanol–water partition coefficient (Wildman–Crippen LogP) is 3.27. The molecular weight excluding hydrogens is 318 g/mol. The molecule has 128 valence electrons. The number of carbonyl (C=O) groups is 1. The molecule has 6 nitrogen and oxygen atoms in total. The van der Waals surface area contributed by atoms with Crippen LogP contribution in [0.15, 0.2) is 51.5 Å². The molecule has 0 fully saturated rings. The Hall–Kier alpha value is -3.02. The molecule has 4 rings (SSSR count). The first-order valence-corrected chi connectivity index (χ1v) is 8.24. The molecule has 0 bridgehead atoms. The van der Waals surface area contributed by atoms with Crippen LogP contribution in [0.5, 0.6) is 0 Å². The molecule has 0 atom stereocenters. The summed E-state index contributed by atoms with van der Waals surface area (Å²) >= 11 is 0. The van der Waals surface area contributed by atoms with Gasteiger partial charge >= 0.3 is 0 Å². The first kappa shape index (κ1) is 15.5. The summed E-state index contributed by atoms with van der Waals surface area (Å²) in [6.45, 7) is 3.28. The van der Waals surface area contributed by atoms with Gasteiger partial charge in [0.05, 0.1) is 29.8 Å². The normalized spacial score (nSPS) is 13.8. The number of aryl methyl sites for hydroxylation is 1. The lowest BCUT2D eigenvalue weighted by Crippen LogP contribution is -2.43. The van der Waals surface area contributed by atoms with Crippen LogP contribution in [0.25, 0.3) is 11.7 Å². The number of hydrogen-bond acceptors (Lipinski definition) is 5. The van der Waals surface area contributed by atoms with E-state index >= 15 is 0 Å². The number of hydrogen-bond donors (Lipinski definition) is 0. The Morgan fingerprint density at radius 3 is 2.72 bits per heavy atom. The highest BCUT2D eigenvalue weighted by molar-refractivity contribution is 5.98. The van der Waals surface area contributed by atoms with Crippen LogP contribution < -0.4 is 9.80 Å². The first-order valence-electron chi connectivity index (χ1n) is 8.24. The molecule has 0 saturated carbocycles. The summed E-state index contributed by atoms with van der Waals surface area (Å²) < 4.78 is 11.0. The van der Waals surface area contributed by atoms with Gasteiger partial charge in [-0.15, -0.1) is 0 Å². The van der Waals surface area contributed by atoms with Crippen LogP contribution in [-0.2, 0) is 11.2 Å². The molecule has 0 unspecified atom stereocenters. The highest BCUT2D eigenvalue weighted by Crippen LogP contribution is 2.32. The van der Waals surface area contributed by atoms with Crippen molar-refractivity contribution in [3.8, 4) is 11.7 Å². The van der Waals surface area contributed by atoms with Crippen molar-refractivity contribution in [2.75, 3.05) is 29.9 Å². The number of likely N-dealkylation sites (N-methyl/N-ethyl adjacent to an activating group) is 1. The van der Waals surface area contributed by atoms with Gasteiger partial charge in [-0.25, -0.2) is 4.98 Å². The van der Waals surface area contributed by atoms with Crippen molar-refractivity contribution in [3.05, 3.63) is 54.1 Å². The number of oxazole rings is 1. The lowest BCUT2D eigenvalue weighted by Gasteiger charge is -2.35. The fourth-order valence-electron chi connectivity index (χ4n) is 3.10. The minimum absolute atomic E-state index is 0.0166. The Morgan fingerprint density at radius 2 is 1.96 bits per heavy atom. The maximum atomic E-state index is 12.9. The Bertz CT molecular complexity index is 899. The molecule has 1 aromatic carbocycles. The van der Waals surface area contributed by atoms with Gasteiger partial charge in [0.1, 0.15) is 5.76 Å². The quantitative estimate of drug-likeness (QED) is 0.734. The average Bonchev–Trinajstić information content (AvgIpc) is 3.26. The molecule has 2 aromatic heterocycles. The molecule has 1 amide bonds. The Kier molecular flexibility index (Phi) is 3.80. The number of furan rings is 1. The summed E-state index contributed by atoms with van der Waals surface area (Å²) in [7, 11) is 2.04. The number of carbonyl (C=O) groups excluding carboxylic acids is 1. The van der Waals surface area contributed by atoms with Crippen molar-refractivity contribution in [2.45, 2.75) is 13.3 Å². The molecule has 6 heteroatoms. The van der Waals surface area contributed by atoms with E-state index in [1.54, 1.807) is 18.4 Å². The van der Waals surface area contributed by atoms with Gasteiger partial charge < -0.3 is 18.6 Å². The smallest absolute Gasteiger partial charge is 0.263 e. The summed E-state index contributed by atoms with van der Waals surface area (Å²) in [4.78, 5) is 21.3. The fourth-order valence-corrected chi connectivity index (χ4v) is 3.10. The Labute approximate surface area is 145 Å². The van der Waals surface area contributed by atoms with Crippen LogP contribution in [0.1, 0.15) is 11.5 Å². The molecule has 0 aliphatic carbocycles. The number of nitrogens with zero attached hydrogens (tertiary/aromatic N) is 3. The molecule has 1 aliphatic rings. The zero-order valence-corrected chi connectivity index (χ0v) is 14.2. The minimum Gasteiger partial charge on any atom is -0.459 e. The zero-order chi connectivity index (χ0) is 17.4. The van der Waals surface area contributed by atoms with Gasteiger partial charge in [-0.05, 0) is 31.2 Å². The molecule has 0 N–H and O–H groups in total. The van der Waals surface area contributed by atoms with Crippen LogP contribution >= 0.6 is 0 Å². The van der Waals surface area contributed by atoms with E-state index in [0.29, 0.717) is 29.6 Å². The fraction of sp³-hybridized carbons (Fsp3) is 0.263. The maximum absolute atomic E-state index is 12.9. The topological polar surface area (TPSA) is 62.7 Å². The number of fused-ring (bicyclic) bond motifs is 1. The van der Waals surface area contributed by atoms with Crippen molar-refractivity contribution < 1.29 is 13.6 Å². The van der Waals surface area contributed by atoms with E-state index in [1.165, 1.54) is 0 Å². The van der Waals surface area contributed by atoms with Crippen LogP contribution in [0, 0.1) is 6.92 Å². The summed E-state index contributed by atoms with van der Waals surface area (Å²) in [5, 5.41) is 0. The third-order valence-electron chi connectivity index (χ3n) is 4.49. The molecule has 3 heterocycles. The van der Waals surface area contributed by atoms with Crippen molar-refractivity contribution in [1.82, 2.24) is 4.98 Å². The summed E-state index contributed by atoms with van der Waals surface area (Å²) in [6, 6.07) is 11.5. The molecule has 25 heavy (non-hydrogen) atoms. The summed E-state index contributed by atoms with van der Waals surface area (Å²) in [5.41, 5.74) is 2.65. The van der Waals surface area contributed by atoms with Crippen molar-refractivity contribution >= 4 is 17.3 Å². The number of para-hydroxylation sites is 2. The van der Waals surface area contributed by atoms with Crippen LogP contribution in [0.2, 0.25) is 0 Å². The minimum atomic E-state index is 0.0166. The second kappa shape index (κ2) is 6.12. The molecule has 3 aromatic rings. The largest absolute Gasteiger partial charge is 0.459 e. The molecular formula is C19H19N3O3. The van der Waals surface area contributed by atoms with Gasteiger partial charge in [0.15, 0.2) is 5.76 Å². The number of amides is 1. The molecule has 0 radical (unpaired) electrons. The summed E-state index contributed by atoms with van der Waals surface area (Å²) in [5.74, 6) is 1.63. The standard InChI is InChI=1S/C19H19N3O3/c1-13-14(20-19(25-13)17-8-5-11-24-17)12-18(23)22-10-9-21(2)15-6-3-4-7-16(15)22/h3-8,11H,9-10,12H2,1-2H3. The highest BCUT2D eigenvalue weighted by atomic mass is 16.4. The third kappa shape index (κ3) is 2.80. The van der Waals surface area contributed by atoms with E-state index in [4.69, 9.17) is 8.83 Å². The monoisotopic (exact) mass is 337 g/mol. The van der Waals surface area contributed by atoms with E-state index in [0.717, 1.165) is 17.9 Å². The van der Waals surface area contributed by atoms with Gasteiger partial charge in [0.2, 0.25) is 5.91 Å². The van der Waals surface area contributed by atoms with Crippen molar-refractivity contribution in [3.63, 3.8) is 0 Å². The second-order valence-electron chi connectivity index (χ2n) is 6.13. The molecule has 0 saturated heterocycles. The van der Waals surface area contributed by atoms with E-state index in [1.807, 2.05) is 43.1 Å². The first-order chi connectivity index (χ1) is 12.1. The van der Waals surface area contributed by atoms with E-state index in [2.05, 4.69) is 9.88 Å². The van der Waals surface area contributed by atoms with Crippen LogP contribution in [0.4, 0.5) is 11.4 Å². The van der Waals surface area contributed by atoms with Gasteiger partial charge in [-0.1, -0.05) is 12.1 Å². The molecule has 0 spiro atoms. The number of aromatic nitrogens is 1. The van der Waals surface area contributed by atoms with Gasteiger partial charge in [0.25, 0.3) is 5.89 Å². The zero-order valence-electron chi connectivity index (χ0n) is 14.2. The van der Waals surface area contributed by atoms with Gasteiger partial charge in [0, 0.05) is 20.1 Å². The van der Waals surface area contributed by atoms with Gasteiger partial charge in [-0.3, -0.25) is 4.79 Å². The number of benzene rings is 1. The second-order valence-corrected chi connectivity index (χ2v) is 6.13. The van der Waals surface area contributed by atoms with E-state index < -0.39 is 0 Å². The number of anilines is 2. The van der Waals surface area contributed by atoms with Crippen molar-refractivity contribution in [1.29, 1.82) is 0 Å². The SMILES string of the molecule is Cc1oc(-c2ccco2)nc1CC(=O)N1CCN(C)c2ccccc21. The Balaban J connectivity index is 1.58. The lowest BCUT2D eigenvalue weighted by atomic mass is 10.1. The molecule has 1 aliphatic heterocycles.